The summed E-state index contributed by atoms with van der Waals surface area (Å²) in [5.74, 6) is 0.357. The van der Waals surface area contributed by atoms with Crippen LogP contribution >= 0.6 is 11.3 Å². The first-order valence-electron chi connectivity index (χ1n) is 9.84. The number of carbonyl (C=O) groups excluding carboxylic acids is 1. The fourth-order valence-corrected chi connectivity index (χ4v) is 4.30. The van der Waals surface area contributed by atoms with E-state index in [1.807, 2.05) is 43.7 Å². The number of thiophene rings is 1. The van der Waals surface area contributed by atoms with E-state index in [9.17, 15) is 4.79 Å². The lowest BCUT2D eigenvalue weighted by Gasteiger charge is -2.13. The SMILES string of the molecule is C=C(N)c1c(COc2cc(-c3cn(C)nn3)ccc2C)csc1/C(=C\C)C(=O)OCC. The van der Waals surface area contributed by atoms with E-state index in [2.05, 4.69) is 16.9 Å². The summed E-state index contributed by atoms with van der Waals surface area (Å²) in [6, 6.07) is 5.92. The minimum absolute atomic E-state index is 0.284. The van der Waals surface area contributed by atoms with Crippen LogP contribution in [0.1, 0.15) is 35.4 Å². The third-order valence-electron chi connectivity index (χ3n) is 4.69. The van der Waals surface area contributed by atoms with Gasteiger partial charge in [-0.15, -0.1) is 16.4 Å². The van der Waals surface area contributed by atoms with Crippen molar-refractivity contribution >= 4 is 28.6 Å². The largest absolute Gasteiger partial charge is 0.489 e. The maximum absolute atomic E-state index is 12.4. The number of benzene rings is 1. The van der Waals surface area contributed by atoms with Crippen LogP contribution in [0.2, 0.25) is 0 Å². The molecule has 0 aliphatic carbocycles. The average molecular weight is 439 g/mol. The number of nitrogens with zero attached hydrogens (tertiary/aromatic N) is 3. The normalized spacial score (nSPS) is 11.4. The standard InChI is InChI=1S/C23H26N4O3S/c1-6-18(23(28)29-7-2)22-21(15(4)24)17(13-31-22)12-30-20-10-16(9-8-14(20)3)19-11-27(5)26-25-19/h6,8-11,13H,4,7,12,24H2,1-3,5H3/b18-6+. The number of carbonyl (C=O) groups is 1. The Morgan fingerprint density at radius 1 is 1.39 bits per heavy atom. The highest BCUT2D eigenvalue weighted by Gasteiger charge is 2.22. The van der Waals surface area contributed by atoms with Crippen molar-refractivity contribution < 1.29 is 14.3 Å². The molecule has 31 heavy (non-hydrogen) atoms. The van der Waals surface area contributed by atoms with Crippen LogP contribution in [0, 0.1) is 6.92 Å². The molecule has 0 spiro atoms. The maximum atomic E-state index is 12.4. The van der Waals surface area contributed by atoms with Crippen LogP contribution in [0.15, 0.2) is 42.4 Å². The first kappa shape index (κ1) is 22.3. The van der Waals surface area contributed by atoms with Crippen molar-refractivity contribution in [3.05, 3.63) is 64.0 Å². The zero-order chi connectivity index (χ0) is 22.5. The van der Waals surface area contributed by atoms with Gasteiger partial charge in [-0.3, -0.25) is 4.68 Å². The molecule has 3 rings (SSSR count). The van der Waals surface area contributed by atoms with E-state index in [-0.39, 0.29) is 12.6 Å². The topological polar surface area (TPSA) is 92.3 Å². The number of ether oxygens (including phenoxy) is 2. The van der Waals surface area contributed by atoms with Crippen LogP contribution in [0.4, 0.5) is 0 Å². The van der Waals surface area contributed by atoms with Gasteiger partial charge in [-0.2, -0.15) is 0 Å². The van der Waals surface area contributed by atoms with E-state index < -0.39 is 0 Å². The van der Waals surface area contributed by atoms with Crippen LogP contribution in [0.3, 0.4) is 0 Å². The van der Waals surface area contributed by atoms with Gasteiger partial charge in [0.15, 0.2) is 0 Å². The number of aromatic nitrogens is 3. The third-order valence-corrected chi connectivity index (χ3v) is 5.75. The number of hydrogen-bond acceptors (Lipinski definition) is 7. The molecular weight excluding hydrogens is 412 g/mol. The molecule has 2 N–H and O–H groups in total. The zero-order valence-electron chi connectivity index (χ0n) is 18.1. The lowest BCUT2D eigenvalue weighted by molar-refractivity contribution is -0.136. The predicted octanol–water partition coefficient (Wildman–Crippen LogP) is 4.33. The Hall–Kier alpha value is -3.39. The average Bonchev–Trinajstić information content (AvgIpc) is 3.35. The van der Waals surface area contributed by atoms with Gasteiger partial charge in [0.25, 0.3) is 0 Å². The summed E-state index contributed by atoms with van der Waals surface area (Å²) in [5.41, 5.74) is 11.2. The molecule has 1 aromatic carbocycles. The summed E-state index contributed by atoms with van der Waals surface area (Å²) < 4.78 is 13.0. The highest BCUT2D eigenvalue weighted by molar-refractivity contribution is 7.12. The molecule has 162 valence electrons. The summed E-state index contributed by atoms with van der Waals surface area (Å²) in [5, 5.41) is 10.1. The van der Waals surface area contributed by atoms with Crippen LogP contribution in [0.25, 0.3) is 22.5 Å². The van der Waals surface area contributed by atoms with Crippen molar-refractivity contribution in [2.75, 3.05) is 6.61 Å². The van der Waals surface area contributed by atoms with Gasteiger partial charge in [-0.25, -0.2) is 4.79 Å². The van der Waals surface area contributed by atoms with Gasteiger partial charge in [0, 0.05) is 29.4 Å². The zero-order valence-corrected chi connectivity index (χ0v) is 19.0. The van der Waals surface area contributed by atoms with E-state index in [1.165, 1.54) is 11.3 Å². The van der Waals surface area contributed by atoms with E-state index >= 15 is 0 Å². The molecule has 2 heterocycles. The third kappa shape index (κ3) is 4.86. The smallest absolute Gasteiger partial charge is 0.339 e. The minimum Gasteiger partial charge on any atom is -0.489 e. The van der Waals surface area contributed by atoms with Crippen molar-refractivity contribution in [2.45, 2.75) is 27.4 Å². The van der Waals surface area contributed by atoms with Gasteiger partial charge >= 0.3 is 5.97 Å². The van der Waals surface area contributed by atoms with E-state index in [0.717, 1.165) is 33.0 Å². The Morgan fingerprint density at radius 3 is 2.77 bits per heavy atom. The van der Waals surface area contributed by atoms with Gasteiger partial charge in [0.2, 0.25) is 0 Å². The fraction of sp³-hybridized carbons (Fsp3) is 0.261. The highest BCUT2D eigenvalue weighted by Crippen LogP contribution is 2.34. The number of allylic oxidation sites excluding steroid dienone is 1. The van der Waals surface area contributed by atoms with Gasteiger partial charge < -0.3 is 15.2 Å². The quantitative estimate of drug-likeness (QED) is 0.416. The fourth-order valence-electron chi connectivity index (χ4n) is 3.15. The van der Waals surface area contributed by atoms with E-state index in [4.69, 9.17) is 15.2 Å². The Balaban J connectivity index is 1.88. The maximum Gasteiger partial charge on any atom is 0.339 e. The first-order valence-corrected chi connectivity index (χ1v) is 10.7. The van der Waals surface area contributed by atoms with Gasteiger partial charge in [-0.05, 0) is 37.8 Å². The Morgan fingerprint density at radius 2 is 2.16 bits per heavy atom. The van der Waals surface area contributed by atoms with Crippen LogP contribution in [-0.4, -0.2) is 27.6 Å². The minimum atomic E-state index is -0.380. The predicted molar refractivity (Wildman–Crippen MR) is 123 cm³/mol. The summed E-state index contributed by atoms with van der Waals surface area (Å²) >= 11 is 1.42. The molecule has 0 fully saturated rings. The number of hydrogen-bond donors (Lipinski definition) is 1. The van der Waals surface area contributed by atoms with Crippen LogP contribution < -0.4 is 10.5 Å². The number of rotatable bonds is 8. The molecule has 0 bridgehead atoms. The molecule has 8 heteroatoms. The second-order valence-electron chi connectivity index (χ2n) is 6.96. The van der Waals surface area contributed by atoms with Crippen molar-refractivity contribution in [3.8, 4) is 17.0 Å². The van der Waals surface area contributed by atoms with Crippen molar-refractivity contribution in [3.63, 3.8) is 0 Å². The number of esters is 1. The molecule has 7 nitrogen and oxygen atoms in total. The van der Waals surface area contributed by atoms with Gasteiger partial charge in [0.05, 0.1) is 23.3 Å². The molecular formula is C23H26N4O3S. The van der Waals surface area contributed by atoms with Crippen LogP contribution in [0.5, 0.6) is 5.75 Å². The molecule has 2 aromatic heterocycles. The van der Waals surface area contributed by atoms with E-state index in [0.29, 0.717) is 23.4 Å². The molecule has 0 saturated heterocycles. The van der Waals surface area contributed by atoms with Crippen molar-refractivity contribution in [1.29, 1.82) is 0 Å². The van der Waals surface area contributed by atoms with Gasteiger partial charge in [-0.1, -0.05) is 30.0 Å². The molecule has 0 aliphatic heterocycles. The molecule has 0 saturated carbocycles. The summed E-state index contributed by atoms with van der Waals surface area (Å²) in [7, 11) is 1.83. The van der Waals surface area contributed by atoms with Crippen molar-refractivity contribution in [2.24, 2.45) is 12.8 Å². The lowest BCUT2D eigenvalue weighted by Crippen LogP contribution is -2.09. The Kier molecular flexibility index (Phi) is 6.91. The molecule has 0 amide bonds. The second-order valence-corrected chi connectivity index (χ2v) is 7.84. The van der Waals surface area contributed by atoms with Crippen LogP contribution in [-0.2, 0) is 23.2 Å². The second kappa shape index (κ2) is 9.61. The van der Waals surface area contributed by atoms with E-state index in [1.54, 1.807) is 24.6 Å². The molecule has 0 atom stereocenters. The number of aryl methyl sites for hydroxylation is 2. The molecule has 3 aromatic rings. The summed E-state index contributed by atoms with van der Waals surface area (Å²) in [6.07, 6.45) is 3.58. The van der Waals surface area contributed by atoms with Crippen molar-refractivity contribution in [1.82, 2.24) is 15.0 Å². The molecule has 0 radical (unpaired) electrons. The highest BCUT2D eigenvalue weighted by atomic mass is 32.1. The summed E-state index contributed by atoms with van der Waals surface area (Å²) in [4.78, 5) is 13.1. The first-order chi connectivity index (χ1) is 14.8. The van der Waals surface area contributed by atoms with Gasteiger partial charge in [0.1, 0.15) is 18.1 Å². The Labute approximate surface area is 185 Å². The monoisotopic (exact) mass is 438 g/mol. The molecule has 0 unspecified atom stereocenters. The lowest BCUT2D eigenvalue weighted by atomic mass is 10.0. The molecule has 0 aliphatic rings. The number of nitrogens with two attached hydrogens (primary N) is 1. The Bertz CT molecular complexity index is 1140. The summed E-state index contributed by atoms with van der Waals surface area (Å²) in [6.45, 7) is 10.0.